The van der Waals surface area contributed by atoms with Crippen molar-refractivity contribution in [2.75, 3.05) is 18.7 Å². The van der Waals surface area contributed by atoms with Crippen molar-refractivity contribution in [3.05, 3.63) is 99.6 Å². The van der Waals surface area contributed by atoms with Crippen LogP contribution < -0.4 is 9.64 Å². The van der Waals surface area contributed by atoms with Crippen molar-refractivity contribution in [2.24, 2.45) is 0 Å². The van der Waals surface area contributed by atoms with Crippen LogP contribution in [0.3, 0.4) is 0 Å². The van der Waals surface area contributed by atoms with Crippen LogP contribution in [0.4, 0.5) is 11.4 Å². The van der Waals surface area contributed by atoms with E-state index in [1.54, 1.807) is 36.4 Å². The lowest BCUT2D eigenvalue weighted by atomic mass is 10.1. The van der Waals surface area contributed by atoms with Gasteiger partial charge in [-0.1, -0.05) is 24.3 Å². The standard InChI is InChI=1S/C23H17N3O6/c1-32-16-12-10-15(11-13-16)24(23(29)19-8-4-5-9-20(19)26(30)31)14-25-21(27)17-6-2-3-7-18(17)22(25)28/h2-13H,14H2,1H3. The predicted octanol–water partition coefficient (Wildman–Crippen LogP) is 3.50. The number of rotatable bonds is 6. The molecule has 9 heteroatoms. The molecule has 0 radical (unpaired) electrons. The quantitative estimate of drug-likeness (QED) is 0.336. The Morgan fingerprint density at radius 2 is 1.50 bits per heavy atom. The van der Waals surface area contributed by atoms with Crippen molar-refractivity contribution in [2.45, 2.75) is 0 Å². The number of para-hydroxylation sites is 1. The molecular weight excluding hydrogens is 414 g/mol. The smallest absolute Gasteiger partial charge is 0.282 e. The molecule has 4 rings (SSSR count). The van der Waals surface area contributed by atoms with Gasteiger partial charge in [0.15, 0.2) is 0 Å². The molecule has 3 aromatic rings. The van der Waals surface area contributed by atoms with E-state index in [1.807, 2.05) is 0 Å². The van der Waals surface area contributed by atoms with Gasteiger partial charge in [-0.2, -0.15) is 0 Å². The number of carbonyl (C=O) groups is 3. The molecular formula is C23H17N3O6. The number of ether oxygens (including phenoxy) is 1. The third kappa shape index (κ3) is 3.56. The van der Waals surface area contributed by atoms with Crippen LogP contribution in [0.1, 0.15) is 31.1 Å². The molecule has 3 amide bonds. The van der Waals surface area contributed by atoms with Gasteiger partial charge >= 0.3 is 0 Å². The average Bonchev–Trinajstić information content (AvgIpc) is 3.07. The van der Waals surface area contributed by atoms with Gasteiger partial charge < -0.3 is 4.74 Å². The first-order chi connectivity index (χ1) is 15.4. The summed E-state index contributed by atoms with van der Waals surface area (Å²) in [4.78, 5) is 52.1. The second-order valence-corrected chi connectivity index (χ2v) is 6.93. The maximum absolute atomic E-state index is 13.4. The zero-order chi connectivity index (χ0) is 22.8. The summed E-state index contributed by atoms with van der Waals surface area (Å²) in [6.45, 7) is -0.413. The van der Waals surface area contributed by atoms with Crippen LogP contribution in [0.5, 0.6) is 5.75 Å². The number of nitro groups is 1. The minimum Gasteiger partial charge on any atom is -0.497 e. The van der Waals surface area contributed by atoms with Gasteiger partial charge in [0.25, 0.3) is 23.4 Å². The largest absolute Gasteiger partial charge is 0.497 e. The van der Waals surface area contributed by atoms with Gasteiger partial charge in [0.2, 0.25) is 0 Å². The van der Waals surface area contributed by atoms with E-state index in [0.717, 1.165) is 9.80 Å². The first kappa shape index (κ1) is 20.7. The number of carbonyl (C=O) groups excluding carboxylic acids is 3. The zero-order valence-electron chi connectivity index (χ0n) is 16.9. The molecule has 160 valence electrons. The zero-order valence-corrected chi connectivity index (χ0v) is 16.9. The highest BCUT2D eigenvalue weighted by Crippen LogP contribution is 2.28. The molecule has 0 saturated carbocycles. The Morgan fingerprint density at radius 1 is 0.938 bits per heavy atom. The molecule has 9 nitrogen and oxygen atoms in total. The monoisotopic (exact) mass is 431 g/mol. The van der Waals surface area contributed by atoms with Crippen LogP contribution in [-0.2, 0) is 0 Å². The number of nitro benzene ring substituents is 1. The molecule has 0 fully saturated rings. The summed E-state index contributed by atoms with van der Waals surface area (Å²) in [6.07, 6.45) is 0. The average molecular weight is 431 g/mol. The highest BCUT2D eigenvalue weighted by Gasteiger charge is 2.38. The van der Waals surface area contributed by atoms with Crippen molar-refractivity contribution < 1.29 is 24.0 Å². The van der Waals surface area contributed by atoms with Crippen LogP contribution in [0, 0.1) is 10.1 Å². The molecule has 1 aliphatic heterocycles. The molecule has 3 aromatic carbocycles. The van der Waals surface area contributed by atoms with E-state index in [9.17, 15) is 24.5 Å². The molecule has 0 atom stereocenters. The van der Waals surface area contributed by atoms with Crippen molar-refractivity contribution in [3.8, 4) is 5.75 Å². The topological polar surface area (TPSA) is 110 Å². The molecule has 1 heterocycles. The minimum atomic E-state index is -0.723. The summed E-state index contributed by atoms with van der Waals surface area (Å²) >= 11 is 0. The number of nitrogens with zero attached hydrogens (tertiary/aromatic N) is 3. The fraction of sp³-hybridized carbons (Fsp3) is 0.0870. The molecule has 1 aliphatic rings. The van der Waals surface area contributed by atoms with Crippen LogP contribution >= 0.6 is 0 Å². The highest BCUT2D eigenvalue weighted by atomic mass is 16.6. The Labute approximate surface area is 182 Å². The first-order valence-electron chi connectivity index (χ1n) is 9.57. The fourth-order valence-electron chi connectivity index (χ4n) is 3.49. The number of anilines is 1. The van der Waals surface area contributed by atoms with Gasteiger partial charge in [-0.05, 0) is 42.5 Å². The molecule has 0 spiro atoms. The van der Waals surface area contributed by atoms with Gasteiger partial charge in [-0.3, -0.25) is 34.3 Å². The number of benzene rings is 3. The Balaban J connectivity index is 1.75. The first-order valence-corrected chi connectivity index (χ1v) is 9.57. The molecule has 0 aliphatic carbocycles. The van der Waals surface area contributed by atoms with E-state index >= 15 is 0 Å². The molecule has 0 saturated heterocycles. The molecule has 32 heavy (non-hydrogen) atoms. The normalized spacial score (nSPS) is 12.5. The van der Waals surface area contributed by atoms with Crippen LogP contribution in [0.25, 0.3) is 0 Å². The summed E-state index contributed by atoms with van der Waals surface area (Å²) in [7, 11) is 1.49. The SMILES string of the molecule is COc1ccc(N(CN2C(=O)c3ccccc3C2=O)C(=O)c2ccccc2[N+](=O)[O-])cc1. The highest BCUT2D eigenvalue weighted by molar-refractivity contribution is 6.22. The summed E-state index contributed by atoms with van der Waals surface area (Å²) in [5, 5.41) is 11.5. The fourth-order valence-corrected chi connectivity index (χ4v) is 3.49. The van der Waals surface area contributed by atoms with Crippen molar-refractivity contribution in [1.29, 1.82) is 0 Å². The number of hydrogen-bond donors (Lipinski definition) is 0. The molecule has 0 unspecified atom stereocenters. The Kier molecular flexibility index (Phi) is 5.38. The molecule has 0 bridgehead atoms. The number of methoxy groups -OCH3 is 1. The summed E-state index contributed by atoms with van der Waals surface area (Å²) in [6, 6.07) is 18.3. The summed E-state index contributed by atoms with van der Waals surface area (Å²) in [5.41, 5.74) is 0.282. The van der Waals surface area contributed by atoms with E-state index in [0.29, 0.717) is 11.4 Å². The van der Waals surface area contributed by atoms with Gasteiger partial charge in [0, 0.05) is 11.8 Å². The Morgan fingerprint density at radius 3 is 2.06 bits per heavy atom. The van der Waals surface area contributed by atoms with Gasteiger partial charge in [-0.15, -0.1) is 0 Å². The molecule has 0 aromatic heterocycles. The van der Waals surface area contributed by atoms with E-state index < -0.39 is 29.3 Å². The van der Waals surface area contributed by atoms with Crippen LogP contribution in [0.15, 0.2) is 72.8 Å². The lowest BCUT2D eigenvalue weighted by Crippen LogP contribution is -2.44. The summed E-state index contributed by atoms with van der Waals surface area (Å²) in [5.74, 6) is -1.27. The maximum atomic E-state index is 13.4. The van der Waals surface area contributed by atoms with Gasteiger partial charge in [0.1, 0.15) is 18.0 Å². The van der Waals surface area contributed by atoms with Crippen molar-refractivity contribution in [3.63, 3.8) is 0 Å². The van der Waals surface area contributed by atoms with E-state index in [2.05, 4.69) is 0 Å². The third-order valence-electron chi connectivity index (χ3n) is 5.12. The minimum absolute atomic E-state index is 0.162. The second-order valence-electron chi connectivity index (χ2n) is 6.93. The number of hydrogen-bond acceptors (Lipinski definition) is 6. The van der Waals surface area contributed by atoms with Gasteiger partial charge in [-0.25, -0.2) is 0 Å². The Bertz CT molecular complexity index is 1200. The van der Waals surface area contributed by atoms with E-state index in [4.69, 9.17) is 4.74 Å². The maximum Gasteiger partial charge on any atom is 0.282 e. The molecule has 0 N–H and O–H groups in total. The number of amides is 3. The Hall–Kier alpha value is -4.53. The van der Waals surface area contributed by atoms with Crippen LogP contribution in [0.2, 0.25) is 0 Å². The number of imide groups is 1. The number of fused-ring (bicyclic) bond motifs is 1. The lowest BCUT2D eigenvalue weighted by Gasteiger charge is -2.27. The second kappa shape index (κ2) is 8.31. The van der Waals surface area contributed by atoms with Crippen molar-refractivity contribution >= 4 is 29.1 Å². The lowest BCUT2D eigenvalue weighted by molar-refractivity contribution is -0.385. The van der Waals surface area contributed by atoms with E-state index in [1.165, 1.54) is 43.5 Å². The predicted molar refractivity (Wildman–Crippen MR) is 115 cm³/mol. The van der Waals surface area contributed by atoms with Crippen LogP contribution in [-0.4, -0.2) is 41.3 Å². The van der Waals surface area contributed by atoms with E-state index in [-0.39, 0.29) is 22.4 Å². The summed E-state index contributed by atoms with van der Waals surface area (Å²) < 4.78 is 5.14. The third-order valence-corrected chi connectivity index (χ3v) is 5.12. The van der Waals surface area contributed by atoms with Crippen molar-refractivity contribution in [1.82, 2.24) is 4.90 Å². The van der Waals surface area contributed by atoms with Gasteiger partial charge in [0.05, 0.1) is 23.2 Å².